The normalized spacial score (nSPS) is 43.3. The lowest BCUT2D eigenvalue weighted by Crippen LogP contribution is -2.50. The van der Waals surface area contributed by atoms with Crippen molar-refractivity contribution in [1.82, 2.24) is 0 Å². The zero-order valence-electron chi connectivity index (χ0n) is 14.4. The zero-order chi connectivity index (χ0) is 18.4. The number of allylic oxidation sites excluding steroid dienone is 2. The van der Waals surface area contributed by atoms with E-state index in [0.29, 0.717) is 24.0 Å². The largest absolute Gasteiger partial charge is 0.478 e. The molecule has 0 bridgehead atoms. The van der Waals surface area contributed by atoms with Crippen molar-refractivity contribution < 1.29 is 24.9 Å². The molecule has 3 rings (SSSR count). The number of hydrogen-bond donors (Lipinski definition) is 3. The van der Waals surface area contributed by atoms with Crippen molar-refractivity contribution >= 4 is 11.9 Å². The average molecular weight is 344 g/mol. The van der Waals surface area contributed by atoms with Crippen LogP contribution in [-0.2, 0) is 9.59 Å². The molecule has 5 heteroatoms. The van der Waals surface area contributed by atoms with Crippen LogP contribution in [0.4, 0.5) is 0 Å². The second kappa shape index (κ2) is 6.03. The number of fused-ring (bicyclic) bond motifs is 3. The molecule has 0 aromatic carbocycles. The van der Waals surface area contributed by atoms with Crippen molar-refractivity contribution in [2.45, 2.75) is 51.0 Å². The van der Waals surface area contributed by atoms with Crippen LogP contribution in [0.2, 0.25) is 0 Å². The van der Waals surface area contributed by atoms with Gasteiger partial charge in [-0.05, 0) is 67.4 Å². The first-order valence-electron chi connectivity index (χ1n) is 8.80. The molecule has 134 valence electrons. The molecule has 3 aliphatic rings. The molecule has 0 amide bonds. The summed E-state index contributed by atoms with van der Waals surface area (Å²) >= 11 is 0. The number of rotatable bonds is 2. The van der Waals surface area contributed by atoms with Gasteiger partial charge in [0.15, 0.2) is 0 Å². The van der Waals surface area contributed by atoms with Crippen molar-refractivity contribution in [2.24, 2.45) is 23.2 Å². The topological polar surface area (TPSA) is 94.8 Å². The van der Waals surface area contributed by atoms with E-state index in [2.05, 4.69) is 12.8 Å². The minimum Gasteiger partial charge on any atom is -0.478 e. The number of carboxylic acids is 2. The molecule has 5 atom stereocenters. The fourth-order valence-electron chi connectivity index (χ4n) is 5.67. The Kier molecular flexibility index (Phi) is 4.28. The number of terminal acetylenes is 1. The van der Waals surface area contributed by atoms with Gasteiger partial charge in [-0.1, -0.05) is 12.8 Å². The molecule has 0 aliphatic heterocycles. The van der Waals surface area contributed by atoms with Crippen LogP contribution in [0.15, 0.2) is 23.3 Å². The fraction of sp³-hybridized carbons (Fsp3) is 0.600. The van der Waals surface area contributed by atoms with Gasteiger partial charge in [0, 0.05) is 17.6 Å². The Hall–Kier alpha value is -2.06. The fourth-order valence-corrected chi connectivity index (χ4v) is 5.67. The second-order valence-corrected chi connectivity index (χ2v) is 7.86. The summed E-state index contributed by atoms with van der Waals surface area (Å²) in [7, 11) is 0. The number of carbonyl (C=O) groups is 2. The summed E-state index contributed by atoms with van der Waals surface area (Å²) in [5.41, 5.74) is -0.198. The Morgan fingerprint density at radius 1 is 1.16 bits per heavy atom. The molecule has 0 aromatic heterocycles. The van der Waals surface area contributed by atoms with Crippen LogP contribution < -0.4 is 0 Å². The van der Waals surface area contributed by atoms with Crippen LogP contribution in [-0.4, -0.2) is 32.9 Å². The summed E-state index contributed by atoms with van der Waals surface area (Å²) in [6.45, 7) is 2.06. The van der Waals surface area contributed by atoms with Crippen LogP contribution in [0.25, 0.3) is 0 Å². The first kappa shape index (κ1) is 17.8. The highest BCUT2D eigenvalue weighted by Crippen LogP contribution is 2.63. The van der Waals surface area contributed by atoms with Crippen molar-refractivity contribution in [2.75, 3.05) is 0 Å². The van der Waals surface area contributed by atoms with Crippen LogP contribution in [0.5, 0.6) is 0 Å². The standard InChI is InChI=1S/C20H24O5/c1-3-20(25)9-7-16-14-5-4-12(10-17(21)22)15(11-18(23)24)13(14)6-8-19(16,20)2/h1,10-11,13-14,16,25H,4-9H2,2H3,(H,21,22)(H,23,24)/b12-10+,15-11+/t13-,14+,16-,19-,20-/m1/s1. The van der Waals surface area contributed by atoms with Crippen molar-refractivity contribution in [1.29, 1.82) is 0 Å². The molecule has 0 unspecified atom stereocenters. The van der Waals surface area contributed by atoms with E-state index in [0.717, 1.165) is 31.8 Å². The quantitative estimate of drug-likeness (QED) is 0.529. The molecule has 3 fully saturated rings. The first-order valence-corrected chi connectivity index (χ1v) is 8.80. The van der Waals surface area contributed by atoms with Crippen molar-refractivity contribution in [3.05, 3.63) is 23.3 Å². The van der Waals surface area contributed by atoms with E-state index in [4.69, 9.17) is 11.5 Å². The molecule has 3 aliphatic carbocycles. The number of aliphatic carboxylic acids is 2. The smallest absolute Gasteiger partial charge is 0.328 e. The maximum Gasteiger partial charge on any atom is 0.328 e. The van der Waals surface area contributed by atoms with E-state index >= 15 is 0 Å². The minimum atomic E-state index is -1.10. The van der Waals surface area contributed by atoms with Crippen LogP contribution >= 0.6 is 0 Å². The van der Waals surface area contributed by atoms with Gasteiger partial charge >= 0.3 is 11.9 Å². The van der Waals surface area contributed by atoms with Gasteiger partial charge in [-0.2, -0.15) is 0 Å². The van der Waals surface area contributed by atoms with Gasteiger partial charge in [-0.25, -0.2) is 9.59 Å². The predicted molar refractivity (Wildman–Crippen MR) is 91.5 cm³/mol. The SMILES string of the molecule is C#C[C@@]1(O)CC[C@@H]2[C@H]3CCC(=C\C(=O)O)/C(=C\C(=O)O)[C@@H]3CC[C@]21C. The molecule has 5 nitrogen and oxygen atoms in total. The molecule has 0 spiro atoms. The van der Waals surface area contributed by atoms with Gasteiger partial charge < -0.3 is 15.3 Å². The highest BCUT2D eigenvalue weighted by Gasteiger charge is 2.61. The molecule has 3 N–H and O–H groups in total. The molecule has 25 heavy (non-hydrogen) atoms. The van der Waals surface area contributed by atoms with Gasteiger partial charge in [-0.3, -0.25) is 0 Å². The van der Waals surface area contributed by atoms with Crippen molar-refractivity contribution in [3.63, 3.8) is 0 Å². The highest BCUT2D eigenvalue weighted by atomic mass is 16.4. The maximum atomic E-state index is 11.3. The third-order valence-electron chi connectivity index (χ3n) is 6.92. The van der Waals surface area contributed by atoms with E-state index in [9.17, 15) is 19.8 Å². The number of carboxylic acid groups (broad SMARTS) is 2. The highest BCUT2D eigenvalue weighted by molar-refractivity contribution is 5.85. The molecule has 0 aromatic rings. The van der Waals surface area contributed by atoms with E-state index in [1.54, 1.807) is 0 Å². The van der Waals surface area contributed by atoms with Gasteiger partial charge in [0.1, 0.15) is 5.60 Å². The predicted octanol–water partition coefficient (Wildman–Crippen LogP) is 2.61. The van der Waals surface area contributed by atoms with Gasteiger partial charge in [0.05, 0.1) is 0 Å². The monoisotopic (exact) mass is 344 g/mol. The Labute approximate surface area is 147 Å². The van der Waals surface area contributed by atoms with Gasteiger partial charge in [0.2, 0.25) is 0 Å². The summed E-state index contributed by atoms with van der Waals surface area (Å²) in [5, 5.41) is 29.2. The Morgan fingerprint density at radius 2 is 1.84 bits per heavy atom. The van der Waals surface area contributed by atoms with Gasteiger partial charge in [-0.15, -0.1) is 6.42 Å². The molecule has 0 saturated heterocycles. The molecule has 3 saturated carbocycles. The molecular weight excluding hydrogens is 320 g/mol. The van der Waals surface area contributed by atoms with E-state index < -0.39 is 17.5 Å². The summed E-state index contributed by atoms with van der Waals surface area (Å²) in [6, 6.07) is 0. The maximum absolute atomic E-state index is 11.3. The number of hydrogen-bond acceptors (Lipinski definition) is 3. The van der Waals surface area contributed by atoms with E-state index in [-0.39, 0.29) is 23.2 Å². The second-order valence-electron chi connectivity index (χ2n) is 7.86. The van der Waals surface area contributed by atoms with Crippen molar-refractivity contribution in [3.8, 4) is 12.3 Å². The average Bonchev–Trinajstić information content (AvgIpc) is 2.81. The van der Waals surface area contributed by atoms with Crippen LogP contribution in [0, 0.1) is 35.5 Å². The zero-order valence-corrected chi connectivity index (χ0v) is 14.4. The Balaban J connectivity index is 1.99. The third kappa shape index (κ3) is 2.69. The Morgan fingerprint density at radius 3 is 2.44 bits per heavy atom. The van der Waals surface area contributed by atoms with Crippen LogP contribution in [0.3, 0.4) is 0 Å². The summed E-state index contributed by atoms with van der Waals surface area (Å²) in [5.74, 6) is 1.00. The molecule has 0 radical (unpaired) electrons. The van der Waals surface area contributed by atoms with E-state index in [1.807, 2.05) is 0 Å². The summed E-state index contributed by atoms with van der Waals surface area (Å²) in [6.07, 6.45) is 12.2. The van der Waals surface area contributed by atoms with E-state index in [1.165, 1.54) is 6.08 Å². The lowest BCUT2D eigenvalue weighted by atomic mass is 9.52. The molecule has 0 heterocycles. The summed E-state index contributed by atoms with van der Waals surface area (Å²) < 4.78 is 0. The van der Waals surface area contributed by atoms with Crippen LogP contribution in [0.1, 0.15) is 45.4 Å². The third-order valence-corrected chi connectivity index (χ3v) is 6.92. The lowest BCUT2D eigenvalue weighted by molar-refractivity contribution is -0.132. The lowest BCUT2D eigenvalue weighted by Gasteiger charge is -2.52. The number of aliphatic hydroxyl groups is 1. The minimum absolute atomic E-state index is 0.0219. The first-order chi connectivity index (χ1) is 11.7. The Bertz CT molecular complexity index is 712. The summed E-state index contributed by atoms with van der Waals surface area (Å²) in [4.78, 5) is 22.4. The molecular formula is C20H24O5. The van der Waals surface area contributed by atoms with Gasteiger partial charge in [0.25, 0.3) is 0 Å².